The Morgan fingerprint density at radius 2 is 1.94 bits per heavy atom. The molecule has 3 aromatic rings. The summed E-state index contributed by atoms with van der Waals surface area (Å²) in [4.78, 5) is 30.1. The molecule has 1 aliphatic heterocycles. The van der Waals surface area contributed by atoms with Crippen molar-refractivity contribution in [2.24, 2.45) is 11.8 Å². The standard InChI is InChI=1S/C25H34FN9O/c1-17(2)11-18(3)15-34-7-9-35(10-8-34)25-28-16-27-24(31-25)30-22-13-21(32-33-22)14-23(36)29-20-6-4-5-19(26)12-20/h4-6,12-13,16-18H,7-11,14-15H2,1-3H3,(H,29,36)(H2,27,28,30,31,32,33). The summed E-state index contributed by atoms with van der Waals surface area (Å²) in [5, 5.41) is 12.7. The summed E-state index contributed by atoms with van der Waals surface area (Å²) in [6.07, 6.45) is 2.80. The van der Waals surface area contributed by atoms with Crippen molar-refractivity contribution in [2.75, 3.05) is 48.3 Å². The highest BCUT2D eigenvalue weighted by Gasteiger charge is 2.21. The van der Waals surface area contributed by atoms with Crippen LogP contribution in [0.3, 0.4) is 0 Å². The lowest BCUT2D eigenvalue weighted by molar-refractivity contribution is -0.115. The molecular weight excluding hydrogens is 461 g/mol. The van der Waals surface area contributed by atoms with E-state index in [1.165, 1.54) is 24.9 Å². The number of rotatable bonds is 10. The topological polar surface area (TPSA) is 115 Å². The third-order valence-electron chi connectivity index (χ3n) is 5.99. The number of aromatic amines is 1. The summed E-state index contributed by atoms with van der Waals surface area (Å²) < 4.78 is 13.3. The summed E-state index contributed by atoms with van der Waals surface area (Å²) in [6, 6.07) is 7.48. The van der Waals surface area contributed by atoms with E-state index < -0.39 is 5.82 Å². The van der Waals surface area contributed by atoms with Crippen LogP contribution in [0.25, 0.3) is 0 Å². The predicted molar refractivity (Wildman–Crippen MR) is 138 cm³/mol. The van der Waals surface area contributed by atoms with Gasteiger partial charge in [0.1, 0.15) is 12.1 Å². The van der Waals surface area contributed by atoms with E-state index in [1.54, 1.807) is 18.2 Å². The number of aromatic nitrogens is 5. The van der Waals surface area contributed by atoms with Crippen LogP contribution < -0.4 is 15.5 Å². The lowest BCUT2D eigenvalue weighted by atomic mass is 9.98. The van der Waals surface area contributed by atoms with Gasteiger partial charge in [-0.1, -0.05) is 26.8 Å². The number of amides is 1. The molecule has 4 rings (SSSR count). The van der Waals surface area contributed by atoms with E-state index in [9.17, 15) is 9.18 Å². The molecule has 0 aliphatic carbocycles. The maximum Gasteiger partial charge on any atom is 0.233 e. The Bertz CT molecular complexity index is 1140. The van der Waals surface area contributed by atoms with Crippen molar-refractivity contribution < 1.29 is 9.18 Å². The quantitative estimate of drug-likeness (QED) is 0.392. The number of hydrogen-bond acceptors (Lipinski definition) is 8. The second kappa shape index (κ2) is 11.9. The van der Waals surface area contributed by atoms with Crippen LogP contribution in [0.2, 0.25) is 0 Å². The molecule has 2 aromatic heterocycles. The Hall–Kier alpha value is -3.60. The average molecular weight is 496 g/mol. The summed E-state index contributed by atoms with van der Waals surface area (Å²) in [5.74, 6) is 2.23. The molecule has 1 aliphatic rings. The van der Waals surface area contributed by atoms with E-state index in [4.69, 9.17) is 0 Å². The van der Waals surface area contributed by atoms with Gasteiger partial charge in [-0.3, -0.25) is 14.8 Å². The molecule has 1 aromatic carbocycles. The zero-order valence-electron chi connectivity index (χ0n) is 21.0. The summed E-state index contributed by atoms with van der Waals surface area (Å²) in [6.45, 7) is 11.7. The van der Waals surface area contributed by atoms with Gasteiger partial charge in [0.15, 0.2) is 5.82 Å². The fraction of sp³-hybridized carbons (Fsp3) is 0.480. The Kier molecular flexibility index (Phi) is 8.42. The number of hydrogen-bond donors (Lipinski definition) is 3. The molecule has 36 heavy (non-hydrogen) atoms. The van der Waals surface area contributed by atoms with Crippen LogP contribution in [-0.2, 0) is 11.2 Å². The van der Waals surface area contributed by atoms with Gasteiger partial charge in [-0.15, -0.1) is 0 Å². The van der Waals surface area contributed by atoms with Crippen molar-refractivity contribution in [3.63, 3.8) is 0 Å². The van der Waals surface area contributed by atoms with Gasteiger partial charge < -0.3 is 15.5 Å². The van der Waals surface area contributed by atoms with E-state index in [0.29, 0.717) is 35.0 Å². The predicted octanol–water partition coefficient (Wildman–Crippen LogP) is 3.46. The van der Waals surface area contributed by atoms with Crippen LogP contribution in [0.5, 0.6) is 0 Å². The maximum atomic E-state index is 13.3. The molecule has 192 valence electrons. The Morgan fingerprint density at radius 3 is 2.69 bits per heavy atom. The van der Waals surface area contributed by atoms with Crippen LogP contribution in [0.1, 0.15) is 32.9 Å². The van der Waals surface area contributed by atoms with Gasteiger partial charge in [0.25, 0.3) is 0 Å². The fourth-order valence-corrected chi connectivity index (χ4v) is 4.53. The molecule has 0 spiro atoms. The highest BCUT2D eigenvalue weighted by atomic mass is 19.1. The minimum absolute atomic E-state index is 0.0632. The lowest BCUT2D eigenvalue weighted by Crippen LogP contribution is -2.48. The first-order valence-corrected chi connectivity index (χ1v) is 12.4. The number of nitrogens with zero attached hydrogens (tertiary/aromatic N) is 6. The largest absolute Gasteiger partial charge is 0.338 e. The summed E-state index contributed by atoms with van der Waals surface area (Å²) in [5.41, 5.74) is 1.00. The molecule has 0 radical (unpaired) electrons. The van der Waals surface area contributed by atoms with Gasteiger partial charge in [0.2, 0.25) is 17.8 Å². The highest BCUT2D eigenvalue weighted by molar-refractivity contribution is 5.92. The number of carbonyl (C=O) groups is 1. The molecule has 1 unspecified atom stereocenters. The van der Waals surface area contributed by atoms with Gasteiger partial charge in [-0.2, -0.15) is 10.1 Å². The molecule has 11 heteroatoms. The maximum absolute atomic E-state index is 13.3. The zero-order chi connectivity index (χ0) is 25.5. The van der Waals surface area contributed by atoms with Crippen LogP contribution in [0.15, 0.2) is 36.7 Å². The molecule has 3 heterocycles. The first-order chi connectivity index (χ1) is 17.3. The minimum Gasteiger partial charge on any atom is -0.338 e. The molecule has 3 N–H and O–H groups in total. The van der Waals surface area contributed by atoms with E-state index >= 15 is 0 Å². The van der Waals surface area contributed by atoms with E-state index in [1.807, 2.05) is 0 Å². The second-order valence-corrected chi connectivity index (χ2v) is 9.77. The number of carbonyl (C=O) groups excluding carboxylic acids is 1. The number of anilines is 4. The minimum atomic E-state index is -0.407. The van der Waals surface area contributed by atoms with Crippen molar-refractivity contribution in [2.45, 2.75) is 33.6 Å². The first kappa shape index (κ1) is 25.5. The fourth-order valence-electron chi connectivity index (χ4n) is 4.53. The van der Waals surface area contributed by atoms with Crippen LogP contribution in [0, 0.1) is 17.7 Å². The third kappa shape index (κ3) is 7.45. The third-order valence-corrected chi connectivity index (χ3v) is 5.99. The molecule has 1 fully saturated rings. The summed E-state index contributed by atoms with van der Waals surface area (Å²) in [7, 11) is 0. The van der Waals surface area contributed by atoms with Gasteiger partial charge in [-0.05, 0) is 36.5 Å². The lowest BCUT2D eigenvalue weighted by Gasteiger charge is -2.36. The van der Waals surface area contributed by atoms with E-state index in [-0.39, 0.29) is 12.3 Å². The molecule has 0 saturated carbocycles. The molecule has 1 atom stereocenters. The Morgan fingerprint density at radius 1 is 1.14 bits per heavy atom. The molecule has 0 bridgehead atoms. The first-order valence-electron chi connectivity index (χ1n) is 12.4. The van der Waals surface area contributed by atoms with Gasteiger partial charge in [0.05, 0.1) is 6.42 Å². The monoisotopic (exact) mass is 495 g/mol. The van der Waals surface area contributed by atoms with Crippen molar-refractivity contribution in [1.29, 1.82) is 0 Å². The second-order valence-electron chi connectivity index (χ2n) is 9.77. The van der Waals surface area contributed by atoms with E-state index in [0.717, 1.165) is 38.6 Å². The number of piperazine rings is 1. The van der Waals surface area contributed by atoms with Crippen LogP contribution >= 0.6 is 0 Å². The number of nitrogens with one attached hydrogen (secondary N) is 3. The smallest absolute Gasteiger partial charge is 0.233 e. The Labute approximate surface area is 210 Å². The zero-order valence-corrected chi connectivity index (χ0v) is 21.0. The van der Waals surface area contributed by atoms with Crippen molar-refractivity contribution in [1.82, 2.24) is 30.0 Å². The summed E-state index contributed by atoms with van der Waals surface area (Å²) >= 11 is 0. The van der Waals surface area contributed by atoms with E-state index in [2.05, 4.69) is 66.4 Å². The van der Waals surface area contributed by atoms with Gasteiger partial charge >= 0.3 is 0 Å². The van der Waals surface area contributed by atoms with Gasteiger partial charge in [-0.25, -0.2) is 14.4 Å². The number of H-pyrrole nitrogens is 1. The average Bonchev–Trinajstić information content (AvgIpc) is 3.25. The van der Waals surface area contributed by atoms with Gasteiger partial charge in [0, 0.05) is 50.2 Å². The normalized spacial score (nSPS) is 15.2. The highest BCUT2D eigenvalue weighted by Crippen LogP contribution is 2.18. The van der Waals surface area contributed by atoms with Crippen LogP contribution in [-0.4, -0.2) is 68.7 Å². The molecule has 10 nitrogen and oxygen atoms in total. The Balaban J connectivity index is 1.28. The van der Waals surface area contributed by atoms with Crippen molar-refractivity contribution in [3.05, 3.63) is 48.2 Å². The SMILES string of the molecule is CC(C)CC(C)CN1CCN(c2ncnc(Nc3cc(CC(=O)Nc4cccc(F)c4)[nH]n3)n2)CC1. The molecule has 1 saturated heterocycles. The van der Waals surface area contributed by atoms with Crippen molar-refractivity contribution >= 4 is 29.3 Å². The molecular formula is C25H34FN9O. The molecule has 1 amide bonds. The number of benzene rings is 1. The number of halogens is 1. The van der Waals surface area contributed by atoms with Crippen LogP contribution in [0.4, 0.5) is 27.8 Å². The van der Waals surface area contributed by atoms with Crippen molar-refractivity contribution in [3.8, 4) is 0 Å².